The van der Waals surface area contributed by atoms with Gasteiger partial charge in [-0.3, -0.25) is 9.91 Å². The molecule has 1 fully saturated rings. The summed E-state index contributed by atoms with van der Waals surface area (Å²) in [5, 5.41) is 6.75. The van der Waals surface area contributed by atoms with Crippen molar-refractivity contribution in [3.05, 3.63) is 53.1 Å². The summed E-state index contributed by atoms with van der Waals surface area (Å²) in [4.78, 5) is 2.47. The number of aryl methyl sites for hydroxylation is 1. The van der Waals surface area contributed by atoms with E-state index in [4.69, 9.17) is 14.2 Å². The maximum absolute atomic E-state index is 5.52. The Morgan fingerprint density at radius 3 is 2.10 bits per heavy atom. The quantitative estimate of drug-likeness (QED) is 0.642. The lowest BCUT2D eigenvalue weighted by Gasteiger charge is -2.33. The van der Waals surface area contributed by atoms with Gasteiger partial charge in [-0.25, -0.2) is 0 Å². The molecule has 158 valence electrons. The molecule has 3 rings (SSSR count). The number of ether oxygens (including phenoxy) is 3. The van der Waals surface area contributed by atoms with Crippen LogP contribution in [0.1, 0.15) is 16.7 Å². The largest absolute Gasteiger partial charge is 0.493 e. The van der Waals surface area contributed by atoms with Gasteiger partial charge in [0, 0.05) is 38.3 Å². The fourth-order valence-electron chi connectivity index (χ4n) is 3.33. The number of hydrogen-bond donors (Lipinski definition) is 0. The summed E-state index contributed by atoms with van der Waals surface area (Å²) >= 11 is 0. The minimum Gasteiger partial charge on any atom is -0.493 e. The maximum atomic E-state index is 5.52. The first-order valence-corrected chi connectivity index (χ1v) is 9.50. The first kappa shape index (κ1) is 22.8. The molecule has 0 spiro atoms. The summed E-state index contributed by atoms with van der Waals surface area (Å²) in [5.74, 6) is 1.85. The molecule has 0 N–H and O–H groups in total. The van der Waals surface area contributed by atoms with Gasteiger partial charge in [-0.15, -0.1) is 12.4 Å². The van der Waals surface area contributed by atoms with Crippen LogP contribution in [-0.2, 0) is 6.54 Å². The van der Waals surface area contributed by atoms with E-state index in [9.17, 15) is 0 Å². The van der Waals surface area contributed by atoms with Crippen LogP contribution in [0.3, 0.4) is 0 Å². The maximum Gasteiger partial charge on any atom is 0.203 e. The average molecular weight is 420 g/mol. The average Bonchev–Trinajstić information content (AvgIpc) is 2.74. The third kappa shape index (κ3) is 5.78. The number of rotatable bonds is 7. The summed E-state index contributed by atoms with van der Waals surface area (Å²) in [6.07, 6.45) is 1.83. The van der Waals surface area contributed by atoms with Crippen molar-refractivity contribution >= 4 is 18.6 Å². The van der Waals surface area contributed by atoms with E-state index in [-0.39, 0.29) is 12.4 Å². The Labute approximate surface area is 179 Å². The summed E-state index contributed by atoms with van der Waals surface area (Å²) in [6.45, 7) is 6.90. The number of benzene rings is 2. The van der Waals surface area contributed by atoms with Crippen LogP contribution in [0.4, 0.5) is 0 Å². The Morgan fingerprint density at radius 1 is 0.862 bits per heavy atom. The van der Waals surface area contributed by atoms with Crippen molar-refractivity contribution in [3.63, 3.8) is 0 Å². The number of nitrogens with zero attached hydrogens (tertiary/aromatic N) is 3. The van der Waals surface area contributed by atoms with Crippen LogP contribution in [0.5, 0.6) is 17.2 Å². The molecule has 0 atom stereocenters. The predicted molar refractivity (Wildman–Crippen MR) is 119 cm³/mol. The Morgan fingerprint density at radius 2 is 1.52 bits per heavy atom. The van der Waals surface area contributed by atoms with Crippen LogP contribution in [0.15, 0.2) is 41.5 Å². The Balaban J connectivity index is 0.00000300. The lowest BCUT2D eigenvalue weighted by Crippen LogP contribution is -2.43. The number of halogens is 1. The van der Waals surface area contributed by atoms with Crippen molar-refractivity contribution in [1.29, 1.82) is 0 Å². The second-order valence-electron chi connectivity index (χ2n) is 6.88. The molecule has 1 aliphatic rings. The minimum absolute atomic E-state index is 0. The molecule has 2 aromatic rings. The number of piperazine rings is 1. The molecule has 0 aliphatic carbocycles. The molecule has 6 nitrogen and oxygen atoms in total. The second-order valence-corrected chi connectivity index (χ2v) is 6.88. The molecule has 0 saturated carbocycles. The van der Waals surface area contributed by atoms with E-state index >= 15 is 0 Å². The zero-order chi connectivity index (χ0) is 19.9. The van der Waals surface area contributed by atoms with Crippen molar-refractivity contribution in [2.75, 3.05) is 47.5 Å². The van der Waals surface area contributed by atoms with Gasteiger partial charge in [0.1, 0.15) is 0 Å². The lowest BCUT2D eigenvalue weighted by molar-refractivity contribution is 0.131. The fraction of sp³-hybridized carbons (Fsp3) is 0.409. The predicted octanol–water partition coefficient (Wildman–Crippen LogP) is 3.59. The summed E-state index contributed by atoms with van der Waals surface area (Å²) in [6, 6.07) is 12.6. The smallest absolute Gasteiger partial charge is 0.203 e. The van der Waals surface area contributed by atoms with Crippen molar-refractivity contribution < 1.29 is 14.2 Å². The van der Waals surface area contributed by atoms with Crippen LogP contribution < -0.4 is 14.2 Å². The highest BCUT2D eigenvalue weighted by atomic mass is 35.5. The first-order chi connectivity index (χ1) is 13.6. The molecule has 1 heterocycles. The molecule has 29 heavy (non-hydrogen) atoms. The molecule has 7 heteroatoms. The normalized spacial score (nSPS) is 14.6. The Hall–Kier alpha value is -2.44. The van der Waals surface area contributed by atoms with Crippen molar-refractivity contribution in [2.24, 2.45) is 5.10 Å². The van der Waals surface area contributed by atoms with E-state index < -0.39 is 0 Å². The molecule has 0 unspecified atom stereocenters. The topological polar surface area (TPSA) is 46.5 Å². The Bertz CT molecular complexity index is 804. The van der Waals surface area contributed by atoms with E-state index in [1.54, 1.807) is 21.3 Å². The van der Waals surface area contributed by atoms with E-state index in [1.165, 1.54) is 11.1 Å². The summed E-state index contributed by atoms with van der Waals surface area (Å²) in [5.41, 5.74) is 3.52. The molecule has 0 bridgehead atoms. The Kier molecular flexibility index (Phi) is 8.61. The molecule has 0 radical (unpaired) electrons. The zero-order valence-electron chi connectivity index (χ0n) is 17.6. The number of hydrogen-bond acceptors (Lipinski definition) is 6. The van der Waals surface area contributed by atoms with Crippen molar-refractivity contribution in [1.82, 2.24) is 9.91 Å². The van der Waals surface area contributed by atoms with Crippen LogP contribution in [0.25, 0.3) is 0 Å². The highest BCUT2D eigenvalue weighted by Crippen LogP contribution is 2.39. The fourth-order valence-corrected chi connectivity index (χ4v) is 3.33. The molecule has 1 aliphatic heterocycles. The van der Waals surface area contributed by atoms with E-state index in [0.29, 0.717) is 17.2 Å². The minimum atomic E-state index is 0. The van der Waals surface area contributed by atoms with Gasteiger partial charge in [-0.05, 0) is 24.6 Å². The summed E-state index contributed by atoms with van der Waals surface area (Å²) < 4.78 is 16.3. The van der Waals surface area contributed by atoms with E-state index in [2.05, 4.69) is 46.2 Å². The highest BCUT2D eigenvalue weighted by molar-refractivity contribution is 5.86. The van der Waals surface area contributed by atoms with Crippen LogP contribution in [0, 0.1) is 6.92 Å². The SMILES string of the molecule is COc1ccc(/C=N/N2CCN(Cc3ccc(C)cc3)CC2)c(OC)c1OC.Cl. The monoisotopic (exact) mass is 419 g/mol. The van der Waals surface area contributed by atoms with Gasteiger partial charge in [0.2, 0.25) is 5.75 Å². The van der Waals surface area contributed by atoms with E-state index in [1.807, 2.05) is 18.3 Å². The van der Waals surface area contributed by atoms with Gasteiger partial charge in [0.05, 0.1) is 27.5 Å². The van der Waals surface area contributed by atoms with Crippen molar-refractivity contribution in [3.8, 4) is 17.2 Å². The van der Waals surface area contributed by atoms with Gasteiger partial charge in [0.15, 0.2) is 11.5 Å². The first-order valence-electron chi connectivity index (χ1n) is 9.50. The molecular weight excluding hydrogens is 390 g/mol. The van der Waals surface area contributed by atoms with Crippen LogP contribution >= 0.6 is 12.4 Å². The third-order valence-corrected chi connectivity index (χ3v) is 4.97. The molecular formula is C22H30ClN3O3. The highest BCUT2D eigenvalue weighted by Gasteiger charge is 2.17. The van der Waals surface area contributed by atoms with Gasteiger partial charge in [0.25, 0.3) is 0 Å². The molecule has 0 aromatic heterocycles. The zero-order valence-corrected chi connectivity index (χ0v) is 18.4. The molecule has 0 amide bonds. The van der Waals surface area contributed by atoms with Gasteiger partial charge < -0.3 is 14.2 Å². The number of methoxy groups -OCH3 is 3. The lowest BCUT2D eigenvalue weighted by atomic mass is 10.1. The van der Waals surface area contributed by atoms with Gasteiger partial charge in [-0.2, -0.15) is 5.10 Å². The van der Waals surface area contributed by atoms with Gasteiger partial charge >= 0.3 is 0 Å². The van der Waals surface area contributed by atoms with Crippen LogP contribution in [-0.4, -0.2) is 63.6 Å². The van der Waals surface area contributed by atoms with E-state index in [0.717, 1.165) is 38.3 Å². The standard InChI is InChI=1S/C22H29N3O3.ClH/c1-17-5-7-18(8-6-17)16-24-11-13-25(14-12-24)23-15-19-9-10-20(26-2)22(28-4)21(19)27-3;/h5-10,15H,11-14,16H2,1-4H3;1H/b23-15+;. The third-order valence-electron chi connectivity index (χ3n) is 4.97. The van der Waals surface area contributed by atoms with Gasteiger partial charge in [-0.1, -0.05) is 29.8 Å². The molecule has 1 saturated heterocycles. The second kappa shape index (κ2) is 10.9. The molecule has 2 aromatic carbocycles. The number of hydrazone groups is 1. The van der Waals surface area contributed by atoms with Crippen molar-refractivity contribution in [2.45, 2.75) is 13.5 Å². The summed E-state index contributed by atoms with van der Waals surface area (Å²) in [7, 11) is 4.84. The van der Waals surface area contributed by atoms with Crippen LogP contribution in [0.2, 0.25) is 0 Å².